The van der Waals surface area contributed by atoms with Gasteiger partial charge in [-0.1, -0.05) is 121 Å². The van der Waals surface area contributed by atoms with E-state index in [1.807, 2.05) is 20.8 Å². The van der Waals surface area contributed by atoms with Gasteiger partial charge in [-0.15, -0.1) is 0 Å². The summed E-state index contributed by atoms with van der Waals surface area (Å²) in [6.07, 6.45) is 12.3. The van der Waals surface area contributed by atoms with Gasteiger partial charge in [0.15, 0.2) is 11.6 Å². The number of benzene rings is 3. The van der Waals surface area contributed by atoms with Gasteiger partial charge in [-0.3, -0.25) is 0 Å². The largest absolute Gasteiger partial charge is 0.490 e. The van der Waals surface area contributed by atoms with Crippen molar-refractivity contribution in [2.24, 2.45) is 0 Å². The fraction of sp³-hybridized carbons (Fsp3) is 0.500. The van der Waals surface area contributed by atoms with Gasteiger partial charge in [0.05, 0.1) is 6.61 Å². The Balaban J connectivity index is 0.000000538. The molecule has 3 aromatic carbocycles. The molecule has 0 amide bonds. The van der Waals surface area contributed by atoms with Gasteiger partial charge >= 0.3 is 0 Å². The van der Waals surface area contributed by atoms with Crippen LogP contribution in [-0.4, -0.2) is 6.61 Å². The van der Waals surface area contributed by atoms with E-state index in [1.54, 1.807) is 0 Å². The van der Waals surface area contributed by atoms with Gasteiger partial charge < -0.3 is 4.74 Å². The molecule has 0 spiro atoms. The molecule has 0 aliphatic rings. The van der Waals surface area contributed by atoms with Crippen LogP contribution in [0.2, 0.25) is 0 Å². The predicted octanol–water partition coefficient (Wildman–Crippen LogP) is 11.6. The van der Waals surface area contributed by atoms with Crippen molar-refractivity contribution in [3.63, 3.8) is 0 Å². The standard InChI is InChI=1S/2C12H18.C10H12F2O.C2H6/c2*1-3-4-5-9-12-10-7-6-8-11(12)2;1-2-3-7-13-9-6-4-5-8(11)10(9)12;1-2/h2*6-8,10H,3-5,9H2,1-2H3;4-6H,2-3,7H2,1H3;1-2H3. The molecule has 0 aliphatic heterocycles. The molecule has 3 heteroatoms. The average molecular weight is 541 g/mol. The number of halogens is 2. The van der Waals surface area contributed by atoms with Crippen LogP contribution in [0.5, 0.6) is 5.75 Å². The zero-order valence-electron chi connectivity index (χ0n) is 25.8. The highest BCUT2D eigenvalue weighted by Gasteiger charge is 2.07. The van der Waals surface area contributed by atoms with E-state index in [1.165, 1.54) is 85.8 Å². The maximum atomic E-state index is 12.9. The maximum absolute atomic E-state index is 12.9. The van der Waals surface area contributed by atoms with Crippen LogP contribution in [0, 0.1) is 25.5 Å². The fourth-order valence-corrected chi connectivity index (χ4v) is 3.83. The summed E-state index contributed by atoms with van der Waals surface area (Å²) in [6, 6.07) is 21.3. The second-order valence-electron chi connectivity index (χ2n) is 9.52. The highest BCUT2D eigenvalue weighted by atomic mass is 19.2. The van der Waals surface area contributed by atoms with Gasteiger partial charge in [0, 0.05) is 0 Å². The topological polar surface area (TPSA) is 9.23 Å². The summed E-state index contributed by atoms with van der Waals surface area (Å²) < 4.78 is 30.6. The lowest BCUT2D eigenvalue weighted by atomic mass is 10.0. The Hall–Kier alpha value is -2.68. The van der Waals surface area contributed by atoms with Crippen molar-refractivity contribution >= 4 is 0 Å². The second-order valence-corrected chi connectivity index (χ2v) is 9.52. The Bertz CT molecular complexity index is 932. The summed E-state index contributed by atoms with van der Waals surface area (Å²) in [5, 5.41) is 0. The molecule has 0 N–H and O–H groups in total. The Kier molecular flexibility index (Phi) is 22.7. The van der Waals surface area contributed by atoms with Crippen molar-refractivity contribution in [3.8, 4) is 5.75 Å². The first-order chi connectivity index (χ1) is 18.9. The first-order valence-corrected chi connectivity index (χ1v) is 15.1. The van der Waals surface area contributed by atoms with Crippen LogP contribution in [-0.2, 0) is 12.8 Å². The molecule has 0 aliphatic carbocycles. The molecule has 0 unspecified atom stereocenters. The number of hydrogen-bond acceptors (Lipinski definition) is 1. The van der Waals surface area contributed by atoms with Crippen molar-refractivity contribution in [3.05, 3.63) is 101 Å². The molecule has 39 heavy (non-hydrogen) atoms. The minimum atomic E-state index is -0.904. The first-order valence-electron chi connectivity index (χ1n) is 15.1. The fourth-order valence-electron chi connectivity index (χ4n) is 3.83. The minimum absolute atomic E-state index is 0.00606. The molecule has 0 fully saturated rings. The quantitative estimate of drug-likeness (QED) is 0.208. The summed E-state index contributed by atoms with van der Waals surface area (Å²) in [4.78, 5) is 0. The van der Waals surface area contributed by atoms with Crippen LogP contribution in [0.15, 0.2) is 66.7 Å². The van der Waals surface area contributed by atoms with Gasteiger partial charge in [0.1, 0.15) is 0 Å². The van der Waals surface area contributed by atoms with Crippen LogP contribution in [0.25, 0.3) is 0 Å². The lowest BCUT2D eigenvalue weighted by Gasteiger charge is -2.05. The molecule has 218 valence electrons. The van der Waals surface area contributed by atoms with Gasteiger partial charge in [-0.25, -0.2) is 4.39 Å². The summed E-state index contributed by atoms with van der Waals surface area (Å²) in [6.45, 7) is 15.3. The molecule has 1 nitrogen and oxygen atoms in total. The Morgan fingerprint density at radius 1 is 0.564 bits per heavy atom. The third kappa shape index (κ3) is 16.8. The molecule has 0 heterocycles. The van der Waals surface area contributed by atoms with E-state index < -0.39 is 11.6 Å². The Morgan fingerprint density at radius 2 is 1.03 bits per heavy atom. The summed E-state index contributed by atoms with van der Waals surface area (Å²) in [5.41, 5.74) is 5.92. The van der Waals surface area contributed by atoms with Gasteiger partial charge in [0.2, 0.25) is 5.82 Å². The number of ether oxygens (including phenoxy) is 1. The summed E-state index contributed by atoms with van der Waals surface area (Å²) in [7, 11) is 0. The van der Waals surface area contributed by atoms with Crippen molar-refractivity contribution < 1.29 is 13.5 Å². The van der Waals surface area contributed by atoms with Crippen LogP contribution in [0.1, 0.15) is 108 Å². The van der Waals surface area contributed by atoms with Crippen molar-refractivity contribution in [1.29, 1.82) is 0 Å². The second kappa shape index (κ2) is 24.4. The third-order valence-electron chi connectivity index (χ3n) is 6.29. The van der Waals surface area contributed by atoms with E-state index in [4.69, 9.17) is 4.74 Å². The molecular formula is C36H54F2O. The van der Waals surface area contributed by atoms with E-state index >= 15 is 0 Å². The Labute approximate surface area is 239 Å². The number of unbranched alkanes of at least 4 members (excludes halogenated alkanes) is 5. The van der Waals surface area contributed by atoms with E-state index in [0.29, 0.717) is 6.61 Å². The van der Waals surface area contributed by atoms with Crippen molar-refractivity contribution in [2.45, 2.75) is 113 Å². The molecule has 0 bridgehead atoms. The van der Waals surface area contributed by atoms with Gasteiger partial charge in [0.25, 0.3) is 0 Å². The highest BCUT2D eigenvalue weighted by Crippen LogP contribution is 2.19. The predicted molar refractivity (Wildman–Crippen MR) is 167 cm³/mol. The first kappa shape index (κ1) is 36.3. The lowest BCUT2D eigenvalue weighted by molar-refractivity contribution is 0.288. The molecule has 0 radical (unpaired) electrons. The smallest absolute Gasteiger partial charge is 0.200 e. The number of aryl methyl sites for hydroxylation is 4. The van der Waals surface area contributed by atoms with Gasteiger partial charge in [-0.2, -0.15) is 4.39 Å². The molecule has 0 aromatic heterocycles. The van der Waals surface area contributed by atoms with Crippen LogP contribution in [0.3, 0.4) is 0 Å². The number of hydrogen-bond donors (Lipinski definition) is 0. The molecular weight excluding hydrogens is 486 g/mol. The lowest BCUT2D eigenvalue weighted by Crippen LogP contribution is -1.99. The molecule has 3 rings (SSSR count). The zero-order valence-corrected chi connectivity index (χ0v) is 25.8. The summed E-state index contributed by atoms with van der Waals surface area (Å²) >= 11 is 0. The third-order valence-corrected chi connectivity index (χ3v) is 6.29. The van der Waals surface area contributed by atoms with E-state index in [-0.39, 0.29) is 5.75 Å². The van der Waals surface area contributed by atoms with Crippen molar-refractivity contribution in [1.82, 2.24) is 0 Å². The average Bonchev–Trinajstić information content (AvgIpc) is 2.95. The maximum Gasteiger partial charge on any atom is 0.200 e. The molecule has 0 atom stereocenters. The van der Waals surface area contributed by atoms with E-state index in [9.17, 15) is 8.78 Å². The van der Waals surface area contributed by atoms with E-state index in [0.717, 1.165) is 18.9 Å². The highest BCUT2D eigenvalue weighted by molar-refractivity contribution is 5.26. The normalized spacial score (nSPS) is 9.77. The van der Waals surface area contributed by atoms with Crippen LogP contribution < -0.4 is 4.74 Å². The van der Waals surface area contributed by atoms with E-state index in [2.05, 4.69) is 76.2 Å². The SMILES string of the molecule is CC.CCCCCc1ccccc1C.CCCCCc1ccccc1C.CCCCOc1cccc(F)c1F. The molecule has 0 saturated heterocycles. The molecule has 0 saturated carbocycles. The monoisotopic (exact) mass is 540 g/mol. The summed E-state index contributed by atoms with van der Waals surface area (Å²) in [5.74, 6) is -1.78. The zero-order chi connectivity index (χ0) is 29.3. The minimum Gasteiger partial charge on any atom is -0.490 e. The number of rotatable bonds is 12. The Morgan fingerprint density at radius 3 is 1.46 bits per heavy atom. The van der Waals surface area contributed by atoms with Crippen molar-refractivity contribution in [2.75, 3.05) is 6.61 Å². The van der Waals surface area contributed by atoms with Crippen LogP contribution >= 0.6 is 0 Å². The molecule has 3 aromatic rings. The van der Waals surface area contributed by atoms with Crippen LogP contribution in [0.4, 0.5) is 8.78 Å². The van der Waals surface area contributed by atoms with Gasteiger partial charge in [-0.05, 0) is 80.3 Å².